The van der Waals surface area contributed by atoms with Gasteiger partial charge in [0.15, 0.2) is 6.23 Å². The zero-order chi connectivity index (χ0) is 24.5. The van der Waals surface area contributed by atoms with Gasteiger partial charge in [0, 0.05) is 11.1 Å². The summed E-state index contributed by atoms with van der Waals surface area (Å²) < 4.78 is 51.0. The molecule has 0 radical (unpaired) electrons. The van der Waals surface area contributed by atoms with Gasteiger partial charge in [0.1, 0.15) is 18.0 Å². The number of phosphoric ester groups is 1. The topological polar surface area (TPSA) is 319 Å². The van der Waals surface area contributed by atoms with E-state index >= 15 is 0 Å². The number of phosphoric acid groups is 3. The molecule has 0 bridgehead atoms. The first-order valence-electron chi connectivity index (χ1n) is 7.74. The molecule has 1 fully saturated rings. The third-order valence-corrected chi connectivity index (χ3v) is 7.38. The van der Waals surface area contributed by atoms with Crippen molar-refractivity contribution in [2.75, 3.05) is 12.3 Å². The lowest BCUT2D eigenvalue weighted by Gasteiger charge is -2.27. The second-order valence-electron chi connectivity index (χ2n) is 5.88. The van der Waals surface area contributed by atoms with Crippen molar-refractivity contribution in [1.82, 2.24) is 9.55 Å². The molecule has 23 heteroatoms. The van der Waals surface area contributed by atoms with E-state index in [1.54, 1.807) is 0 Å². The number of anilines is 1. The minimum absolute atomic E-state index is 0.201. The van der Waals surface area contributed by atoms with Crippen LogP contribution in [0.15, 0.2) is 22.2 Å². The normalized spacial score (nSPS) is 29.6. The molecule has 1 aromatic rings. The molecule has 0 amide bonds. The van der Waals surface area contributed by atoms with E-state index in [-0.39, 0.29) is 5.82 Å². The van der Waals surface area contributed by atoms with E-state index in [1.165, 1.54) is 0 Å². The standard InChI is InChI=1S/C9H15N6O14P3/c10-4-1-2-15(8(18)12-4)7-5(16)6(17)9(27-7,13-14-11)3-26-31(22,23)29-32(24,25)28-30(19,20)21/h1-2,5-7,16-17H,3H2,(H,22,23)(H,24,25)(H2,10,12,18)(H2,19,20,21)/t5-,6+,7+,9+/m0/s1. The number of aromatic nitrogens is 2. The molecule has 1 aliphatic rings. The van der Waals surface area contributed by atoms with Crippen LogP contribution in [0.2, 0.25) is 0 Å². The fourth-order valence-corrected chi connectivity index (χ4v) is 5.44. The summed E-state index contributed by atoms with van der Waals surface area (Å²) in [5, 5.41) is 23.6. The van der Waals surface area contributed by atoms with Crippen LogP contribution in [0.25, 0.3) is 10.4 Å². The number of rotatable bonds is 9. The Bertz CT molecular complexity index is 1120. The Morgan fingerprint density at radius 3 is 2.41 bits per heavy atom. The van der Waals surface area contributed by atoms with E-state index in [0.717, 1.165) is 12.3 Å². The zero-order valence-corrected chi connectivity index (χ0v) is 17.9. The van der Waals surface area contributed by atoms with Crippen molar-refractivity contribution in [2.24, 2.45) is 5.11 Å². The van der Waals surface area contributed by atoms with Gasteiger partial charge in [0.2, 0.25) is 5.72 Å². The van der Waals surface area contributed by atoms with E-state index in [9.17, 15) is 33.6 Å². The van der Waals surface area contributed by atoms with Crippen LogP contribution in [0, 0.1) is 0 Å². The highest BCUT2D eigenvalue weighted by molar-refractivity contribution is 7.66. The Balaban J connectivity index is 2.28. The lowest BCUT2D eigenvalue weighted by atomic mass is 10.1. The largest absolute Gasteiger partial charge is 0.490 e. The summed E-state index contributed by atoms with van der Waals surface area (Å²) in [5.74, 6) is -0.201. The van der Waals surface area contributed by atoms with E-state index in [1.807, 2.05) is 0 Å². The van der Waals surface area contributed by atoms with E-state index in [4.69, 9.17) is 30.7 Å². The maximum Gasteiger partial charge on any atom is 0.490 e. The summed E-state index contributed by atoms with van der Waals surface area (Å²) >= 11 is 0. The number of nitrogens with zero attached hydrogens (tertiary/aromatic N) is 5. The quantitative estimate of drug-likeness (QED) is 0.0829. The summed E-state index contributed by atoms with van der Waals surface area (Å²) in [5.41, 5.74) is 10.3. The van der Waals surface area contributed by atoms with Gasteiger partial charge >= 0.3 is 29.2 Å². The van der Waals surface area contributed by atoms with Crippen molar-refractivity contribution in [2.45, 2.75) is 24.2 Å². The molecule has 6 atom stereocenters. The molecule has 32 heavy (non-hydrogen) atoms. The van der Waals surface area contributed by atoms with Gasteiger partial charge in [-0.05, 0) is 11.6 Å². The molecule has 0 saturated carbocycles. The lowest BCUT2D eigenvalue weighted by molar-refractivity contribution is -0.123. The van der Waals surface area contributed by atoms with Crippen LogP contribution in [0.5, 0.6) is 0 Å². The Morgan fingerprint density at radius 1 is 1.25 bits per heavy atom. The van der Waals surface area contributed by atoms with Gasteiger partial charge in [-0.1, -0.05) is 5.11 Å². The van der Waals surface area contributed by atoms with Crippen LogP contribution in [0.3, 0.4) is 0 Å². The molecule has 20 nitrogen and oxygen atoms in total. The molecule has 0 spiro atoms. The fraction of sp³-hybridized carbons (Fsp3) is 0.556. The first kappa shape index (κ1) is 26.5. The number of aliphatic hydroxyl groups excluding tert-OH is 2. The Labute approximate surface area is 175 Å². The summed E-state index contributed by atoms with van der Waals surface area (Å²) in [6.45, 7) is -1.44. The molecule has 1 aromatic heterocycles. The second-order valence-corrected chi connectivity index (χ2v) is 10.3. The summed E-state index contributed by atoms with van der Waals surface area (Å²) in [6, 6.07) is 1.11. The van der Waals surface area contributed by atoms with Crippen molar-refractivity contribution in [1.29, 1.82) is 0 Å². The van der Waals surface area contributed by atoms with Crippen LogP contribution >= 0.6 is 23.5 Å². The minimum Gasteiger partial charge on any atom is -0.387 e. The number of hydrogen-bond donors (Lipinski definition) is 7. The van der Waals surface area contributed by atoms with Crippen LogP contribution < -0.4 is 11.4 Å². The highest BCUT2D eigenvalue weighted by atomic mass is 31.3. The van der Waals surface area contributed by atoms with Crippen molar-refractivity contribution < 1.29 is 61.4 Å². The molecule has 0 aromatic carbocycles. The molecule has 8 N–H and O–H groups in total. The molecule has 0 aliphatic carbocycles. The molecule has 180 valence electrons. The fourth-order valence-electron chi connectivity index (χ4n) is 2.40. The van der Waals surface area contributed by atoms with Gasteiger partial charge in [0.25, 0.3) is 0 Å². The molecule has 1 aliphatic heterocycles. The number of azide groups is 1. The van der Waals surface area contributed by atoms with Crippen LogP contribution in [-0.4, -0.2) is 63.9 Å². The highest BCUT2D eigenvalue weighted by Gasteiger charge is 2.56. The van der Waals surface area contributed by atoms with E-state index in [2.05, 4.69) is 28.2 Å². The summed E-state index contributed by atoms with van der Waals surface area (Å²) in [7, 11) is -17.2. The van der Waals surface area contributed by atoms with Crippen molar-refractivity contribution in [3.05, 3.63) is 33.2 Å². The lowest BCUT2D eigenvalue weighted by Crippen LogP contribution is -2.44. The van der Waals surface area contributed by atoms with E-state index in [0.29, 0.717) is 4.57 Å². The summed E-state index contributed by atoms with van der Waals surface area (Å²) in [4.78, 5) is 53.3. The van der Waals surface area contributed by atoms with Gasteiger partial charge in [-0.25, -0.2) is 18.5 Å². The van der Waals surface area contributed by atoms with Crippen LogP contribution in [0.4, 0.5) is 5.82 Å². The molecular formula is C9H15N6O14P3. The Morgan fingerprint density at radius 2 is 1.88 bits per heavy atom. The van der Waals surface area contributed by atoms with Gasteiger partial charge in [-0.2, -0.15) is 13.6 Å². The van der Waals surface area contributed by atoms with Gasteiger partial charge < -0.3 is 40.3 Å². The third kappa shape index (κ3) is 6.41. The van der Waals surface area contributed by atoms with Gasteiger partial charge in [-0.3, -0.25) is 9.09 Å². The number of ether oxygens (including phenoxy) is 1. The van der Waals surface area contributed by atoms with Crippen molar-refractivity contribution in [3.8, 4) is 0 Å². The average Bonchev–Trinajstić information content (AvgIpc) is 2.83. The van der Waals surface area contributed by atoms with Gasteiger partial charge in [0.05, 0.1) is 6.61 Å². The van der Waals surface area contributed by atoms with Gasteiger partial charge in [-0.15, -0.1) is 0 Å². The molecule has 1 saturated heterocycles. The van der Waals surface area contributed by atoms with Crippen molar-refractivity contribution in [3.63, 3.8) is 0 Å². The van der Waals surface area contributed by atoms with Crippen LogP contribution in [0.1, 0.15) is 6.23 Å². The Kier molecular flexibility index (Phi) is 7.68. The first-order chi connectivity index (χ1) is 14.5. The Hall–Kier alpha value is -1.72. The van der Waals surface area contributed by atoms with E-state index < -0.39 is 59.9 Å². The van der Waals surface area contributed by atoms with Crippen LogP contribution in [-0.2, 0) is 31.6 Å². The number of nitrogens with two attached hydrogens (primary N) is 1. The maximum absolute atomic E-state index is 12.0. The monoisotopic (exact) mass is 524 g/mol. The zero-order valence-electron chi connectivity index (χ0n) is 15.2. The molecular weight excluding hydrogens is 509 g/mol. The SMILES string of the molecule is [N-]=[N+]=N[C@]1(COP(=O)(O)OP(=O)(O)OP(=O)(O)O)O[C@@H](n2ccc(N)nc2=O)[C@@H](O)[C@H]1O. The second kappa shape index (κ2) is 9.26. The highest BCUT2D eigenvalue weighted by Crippen LogP contribution is 2.66. The number of nitrogen functional groups attached to an aromatic ring is 1. The summed E-state index contributed by atoms with van der Waals surface area (Å²) in [6.07, 6.45) is -4.99. The average molecular weight is 524 g/mol. The predicted octanol–water partition coefficient (Wildman–Crippen LogP) is -1.57. The smallest absolute Gasteiger partial charge is 0.387 e. The first-order valence-corrected chi connectivity index (χ1v) is 12.3. The molecule has 2 heterocycles. The predicted molar refractivity (Wildman–Crippen MR) is 96.7 cm³/mol. The molecule has 2 rings (SSSR count). The van der Waals surface area contributed by atoms with Crippen molar-refractivity contribution >= 4 is 29.3 Å². The number of hydrogen-bond acceptors (Lipinski definition) is 13. The maximum atomic E-state index is 12.0. The molecule has 2 unspecified atom stereocenters. The third-order valence-electron chi connectivity index (χ3n) is 3.59. The number of aliphatic hydroxyl groups is 2. The minimum atomic E-state index is -5.86.